The third-order valence-electron chi connectivity index (χ3n) is 7.50. The number of nitrogens with one attached hydrogen (secondary N) is 2. The number of hydrogen-bond donors (Lipinski definition) is 4. The van der Waals surface area contributed by atoms with Gasteiger partial charge >= 0.3 is 12.1 Å². The van der Waals surface area contributed by atoms with Gasteiger partial charge < -0.3 is 30.2 Å². The van der Waals surface area contributed by atoms with Gasteiger partial charge in [-0.25, -0.2) is 14.6 Å². The molecule has 0 saturated carbocycles. The van der Waals surface area contributed by atoms with Crippen molar-refractivity contribution in [3.05, 3.63) is 70.9 Å². The summed E-state index contributed by atoms with van der Waals surface area (Å²) in [6.45, 7) is 6.64. The molecular formula is C33H43N5O6. The van der Waals surface area contributed by atoms with Gasteiger partial charge in [-0.3, -0.25) is 10.1 Å². The van der Waals surface area contributed by atoms with Crippen LogP contribution >= 0.6 is 0 Å². The van der Waals surface area contributed by atoms with Crippen LogP contribution in [-0.2, 0) is 31.9 Å². The van der Waals surface area contributed by atoms with Gasteiger partial charge in [-0.1, -0.05) is 36.4 Å². The monoisotopic (exact) mass is 605 g/mol. The molecule has 2 heterocycles. The Balaban J connectivity index is 1.43. The standard InChI is InChI=1S/C33H43N5O6/c1-33(2,3)44-32(42)38-18-16-24(17-19-38)29(34)25(30(41)37-31-35-26-8-4-5-9-27(26)36-31)15-14-23-12-10-22(11-13-23)7-6-20-43-21-28(39)40/h4-5,8-13,24H,6-7,14-21,34H2,1-3H3,(H,39,40)(H2,35,36,37,41)/b29-25-. The molecule has 0 spiro atoms. The first-order chi connectivity index (χ1) is 21.0. The van der Waals surface area contributed by atoms with Gasteiger partial charge in [0.25, 0.3) is 5.91 Å². The van der Waals surface area contributed by atoms with Crippen LogP contribution in [0.3, 0.4) is 0 Å². The average molecular weight is 606 g/mol. The fraction of sp³-hybridized carbons (Fsp3) is 0.455. The second kappa shape index (κ2) is 14.9. The van der Waals surface area contributed by atoms with Crippen molar-refractivity contribution in [1.29, 1.82) is 0 Å². The summed E-state index contributed by atoms with van der Waals surface area (Å²) in [6, 6.07) is 15.7. The number of carboxylic acid groups (broad SMARTS) is 1. The summed E-state index contributed by atoms with van der Waals surface area (Å²) in [6.07, 6.45) is 3.49. The number of hydrogen-bond acceptors (Lipinski definition) is 7. The number of nitrogens with two attached hydrogens (primary N) is 1. The lowest BCUT2D eigenvalue weighted by atomic mass is 9.89. The number of benzene rings is 2. The Morgan fingerprint density at radius 1 is 1.05 bits per heavy atom. The summed E-state index contributed by atoms with van der Waals surface area (Å²) in [5.41, 5.74) is 11.0. The zero-order valence-corrected chi connectivity index (χ0v) is 25.7. The highest BCUT2D eigenvalue weighted by atomic mass is 16.6. The number of allylic oxidation sites excluding steroid dienone is 1. The third-order valence-corrected chi connectivity index (χ3v) is 7.50. The van der Waals surface area contributed by atoms with Gasteiger partial charge in [-0.2, -0.15) is 0 Å². The van der Waals surface area contributed by atoms with Crippen molar-refractivity contribution < 1.29 is 29.0 Å². The number of carbonyl (C=O) groups excluding carboxylic acids is 2. The van der Waals surface area contributed by atoms with Crippen molar-refractivity contribution in [2.45, 2.75) is 64.9 Å². The van der Waals surface area contributed by atoms with Crippen molar-refractivity contribution in [3.8, 4) is 0 Å². The number of fused-ring (bicyclic) bond motifs is 1. The minimum Gasteiger partial charge on any atom is -0.480 e. The van der Waals surface area contributed by atoms with Crippen LogP contribution in [0.1, 0.15) is 57.6 Å². The lowest BCUT2D eigenvalue weighted by Gasteiger charge is -2.34. The van der Waals surface area contributed by atoms with Gasteiger partial charge in [-0.05, 0) is 82.6 Å². The number of H-pyrrole nitrogens is 1. The molecule has 11 nitrogen and oxygen atoms in total. The first-order valence-corrected chi connectivity index (χ1v) is 15.1. The number of rotatable bonds is 12. The fourth-order valence-electron chi connectivity index (χ4n) is 5.21. The fourth-order valence-corrected chi connectivity index (χ4v) is 5.21. The van der Waals surface area contributed by atoms with Crippen LogP contribution in [0.4, 0.5) is 10.7 Å². The van der Waals surface area contributed by atoms with Gasteiger partial charge in [0.05, 0.1) is 11.0 Å². The van der Waals surface area contributed by atoms with E-state index in [0.717, 1.165) is 35.0 Å². The molecule has 0 unspecified atom stereocenters. The van der Waals surface area contributed by atoms with Gasteiger partial charge in [0.1, 0.15) is 12.2 Å². The molecular weight excluding hydrogens is 562 g/mol. The lowest BCUT2D eigenvalue weighted by Crippen LogP contribution is -2.42. The molecule has 0 aliphatic carbocycles. The van der Waals surface area contributed by atoms with E-state index in [-0.39, 0.29) is 24.5 Å². The number of carboxylic acids is 1. The van der Waals surface area contributed by atoms with Gasteiger partial charge in [0.2, 0.25) is 5.95 Å². The summed E-state index contributed by atoms with van der Waals surface area (Å²) in [7, 11) is 0. The number of aryl methyl sites for hydroxylation is 2. The number of aromatic nitrogens is 2. The minimum absolute atomic E-state index is 0.0455. The molecule has 236 valence electrons. The topological polar surface area (TPSA) is 160 Å². The molecule has 1 aliphatic rings. The number of amides is 2. The van der Waals surface area contributed by atoms with Crippen LogP contribution in [0.15, 0.2) is 59.8 Å². The Morgan fingerprint density at radius 2 is 1.70 bits per heavy atom. The highest BCUT2D eigenvalue weighted by Gasteiger charge is 2.30. The van der Waals surface area contributed by atoms with E-state index in [9.17, 15) is 14.4 Å². The Kier molecular flexibility index (Phi) is 11.0. The summed E-state index contributed by atoms with van der Waals surface area (Å²) in [4.78, 5) is 46.1. The maximum atomic E-state index is 13.6. The molecule has 2 amide bonds. The normalized spacial score (nSPS) is 14.8. The molecule has 0 bridgehead atoms. The van der Waals surface area contributed by atoms with E-state index >= 15 is 0 Å². The van der Waals surface area contributed by atoms with Crippen molar-refractivity contribution in [3.63, 3.8) is 0 Å². The largest absolute Gasteiger partial charge is 0.480 e. The number of ether oxygens (including phenoxy) is 2. The molecule has 1 saturated heterocycles. The van der Waals surface area contributed by atoms with Crippen molar-refractivity contribution in [2.24, 2.45) is 11.7 Å². The molecule has 11 heteroatoms. The number of piperidine rings is 1. The first-order valence-electron chi connectivity index (χ1n) is 15.1. The average Bonchev–Trinajstić information content (AvgIpc) is 3.39. The van der Waals surface area contributed by atoms with E-state index in [1.54, 1.807) is 4.90 Å². The smallest absolute Gasteiger partial charge is 0.410 e. The highest BCUT2D eigenvalue weighted by molar-refractivity contribution is 6.04. The first kappa shape index (κ1) is 32.5. The van der Waals surface area contributed by atoms with Gasteiger partial charge in [0, 0.05) is 36.9 Å². The quantitative estimate of drug-likeness (QED) is 0.165. The second-order valence-electron chi connectivity index (χ2n) is 12.1. The Hall–Kier alpha value is -4.38. The van der Waals surface area contributed by atoms with Crippen molar-refractivity contribution in [1.82, 2.24) is 14.9 Å². The van der Waals surface area contributed by atoms with E-state index in [1.165, 1.54) is 0 Å². The van der Waals surface area contributed by atoms with Crippen LogP contribution in [-0.4, -0.2) is 69.8 Å². The summed E-state index contributed by atoms with van der Waals surface area (Å²) in [5.74, 6) is -0.955. The van der Waals surface area contributed by atoms with Gasteiger partial charge in [0.15, 0.2) is 0 Å². The predicted octanol–water partition coefficient (Wildman–Crippen LogP) is 5.03. The number of para-hydroxylation sites is 2. The van der Waals surface area contributed by atoms with Crippen LogP contribution in [0.25, 0.3) is 11.0 Å². The number of likely N-dealkylation sites (tertiary alicyclic amines) is 1. The Bertz CT molecular complexity index is 1430. The van der Waals surface area contributed by atoms with E-state index in [1.807, 2.05) is 69.3 Å². The van der Waals surface area contributed by atoms with Crippen molar-refractivity contribution in [2.75, 3.05) is 31.6 Å². The molecule has 1 fully saturated rings. The number of anilines is 1. The number of aromatic amines is 1. The summed E-state index contributed by atoms with van der Waals surface area (Å²) in [5, 5.41) is 11.6. The molecule has 5 N–H and O–H groups in total. The summed E-state index contributed by atoms with van der Waals surface area (Å²) < 4.78 is 10.6. The zero-order valence-electron chi connectivity index (χ0n) is 25.7. The predicted molar refractivity (Wildman–Crippen MR) is 168 cm³/mol. The van der Waals surface area contributed by atoms with E-state index in [4.69, 9.17) is 20.3 Å². The van der Waals surface area contributed by atoms with Crippen LogP contribution in [0.2, 0.25) is 0 Å². The van der Waals surface area contributed by atoms with Crippen LogP contribution < -0.4 is 11.1 Å². The number of imidazole rings is 1. The number of nitrogens with zero attached hydrogens (tertiary/aromatic N) is 2. The highest BCUT2D eigenvalue weighted by Crippen LogP contribution is 2.28. The van der Waals surface area contributed by atoms with E-state index < -0.39 is 11.6 Å². The molecule has 2 aromatic carbocycles. The molecule has 1 aromatic heterocycles. The van der Waals surface area contributed by atoms with Gasteiger partial charge in [-0.15, -0.1) is 0 Å². The zero-order chi connectivity index (χ0) is 31.7. The lowest BCUT2D eigenvalue weighted by molar-refractivity contribution is -0.142. The maximum absolute atomic E-state index is 13.6. The second-order valence-corrected chi connectivity index (χ2v) is 12.1. The third kappa shape index (κ3) is 9.57. The van der Waals surface area contributed by atoms with E-state index in [0.29, 0.717) is 62.6 Å². The molecule has 4 rings (SSSR count). The molecule has 0 atom stereocenters. The minimum atomic E-state index is -0.971. The number of aliphatic carboxylic acids is 1. The maximum Gasteiger partial charge on any atom is 0.410 e. The van der Waals surface area contributed by atoms with Crippen LogP contribution in [0.5, 0.6) is 0 Å². The summed E-state index contributed by atoms with van der Waals surface area (Å²) >= 11 is 0. The van der Waals surface area contributed by atoms with E-state index in [2.05, 4.69) is 15.3 Å². The molecule has 44 heavy (non-hydrogen) atoms. The van der Waals surface area contributed by atoms with Crippen molar-refractivity contribution >= 4 is 35.0 Å². The van der Waals surface area contributed by atoms with Crippen LogP contribution in [0, 0.1) is 5.92 Å². The Labute approximate surface area is 257 Å². The SMILES string of the molecule is CC(C)(C)OC(=O)N1CCC(/C(N)=C(\CCc2ccc(CCCOCC(=O)O)cc2)C(=O)Nc2nc3ccccc3[nH]2)CC1. The molecule has 3 aromatic rings. The molecule has 0 radical (unpaired) electrons. The number of carbonyl (C=O) groups is 3. The molecule has 1 aliphatic heterocycles. The Morgan fingerprint density at radius 3 is 2.34 bits per heavy atom.